The average Bonchev–Trinajstić information content (AvgIpc) is 3.62. The molecule has 0 aliphatic rings. The fourth-order valence-corrected chi connectivity index (χ4v) is 7.42. The Labute approximate surface area is 268 Å². The molecule has 0 unspecified atom stereocenters. The van der Waals surface area contributed by atoms with Gasteiger partial charge in [-0.25, -0.2) is 0 Å². The van der Waals surface area contributed by atoms with Crippen LogP contribution in [-0.4, -0.2) is 9.13 Å². The Bertz CT molecular complexity index is 2400. The van der Waals surface area contributed by atoms with Crippen molar-refractivity contribution in [2.45, 2.75) is 13.8 Å². The summed E-state index contributed by atoms with van der Waals surface area (Å²) < 4.78 is 4.79. The number of hydrogen-bond acceptors (Lipinski definition) is 0. The fourth-order valence-electron chi connectivity index (χ4n) is 7.42. The molecule has 9 rings (SSSR count). The summed E-state index contributed by atoms with van der Waals surface area (Å²) in [5.41, 5.74) is 14.8. The van der Waals surface area contributed by atoms with E-state index < -0.39 is 0 Å². The van der Waals surface area contributed by atoms with Crippen molar-refractivity contribution in [1.29, 1.82) is 0 Å². The maximum Gasteiger partial charge on any atom is 0.0547 e. The molecule has 0 fully saturated rings. The summed E-state index contributed by atoms with van der Waals surface area (Å²) in [5, 5.41) is 5.10. The first-order valence-electron chi connectivity index (χ1n) is 15.9. The van der Waals surface area contributed by atoms with Crippen molar-refractivity contribution in [2.24, 2.45) is 0 Å². The van der Waals surface area contributed by atoms with Crippen LogP contribution in [0.1, 0.15) is 11.1 Å². The largest absolute Gasteiger partial charge is 0.309 e. The molecule has 9 aromatic rings. The SMILES string of the molecule is Cc1cc(-c2ccc3c4ccccc4n(-c4ccccc4)c3c2)c(C)cc1-c1ccc2c3ccccc3n(-c3ccccc3)c2c1. The summed E-state index contributed by atoms with van der Waals surface area (Å²) in [6.07, 6.45) is 0. The zero-order valence-electron chi connectivity index (χ0n) is 25.9. The number of aromatic nitrogens is 2. The van der Waals surface area contributed by atoms with Gasteiger partial charge in [0.05, 0.1) is 22.1 Å². The smallest absolute Gasteiger partial charge is 0.0547 e. The molecule has 46 heavy (non-hydrogen) atoms. The third-order valence-corrected chi connectivity index (χ3v) is 9.57. The molecule has 2 heteroatoms. The van der Waals surface area contributed by atoms with E-state index in [4.69, 9.17) is 0 Å². The van der Waals surface area contributed by atoms with E-state index in [9.17, 15) is 0 Å². The van der Waals surface area contributed by atoms with Crippen molar-refractivity contribution in [3.05, 3.63) is 169 Å². The molecule has 2 aromatic heterocycles. The highest BCUT2D eigenvalue weighted by atomic mass is 15.0. The molecule has 0 amide bonds. The number of fused-ring (bicyclic) bond motifs is 6. The van der Waals surface area contributed by atoms with Crippen LogP contribution in [0.2, 0.25) is 0 Å². The van der Waals surface area contributed by atoms with Gasteiger partial charge in [0, 0.05) is 32.9 Å². The summed E-state index contributed by atoms with van der Waals surface area (Å²) >= 11 is 0. The number of nitrogens with zero attached hydrogens (tertiary/aromatic N) is 2. The van der Waals surface area contributed by atoms with Crippen LogP contribution in [0.4, 0.5) is 0 Å². The molecule has 0 radical (unpaired) electrons. The summed E-state index contributed by atoms with van der Waals surface area (Å²) in [4.78, 5) is 0. The Balaban J connectivity index is 1.20. The number of benzene rings is 7. The van der Waals surface area contributed by atoms with E-state index in [0.717, 1.165) is 0 Å². The van der Waals surface area contributed by atoms with Crippen LogP contribution in [0.15, 0.2) is 158 Å². The molecular weight excluding hydrogens is 556 g/mol. The third-order valence-electron chi connectivity index (χ3n) is 9.57. The molecule has 0 aliphatic heterocycles. The van der Waals surface area contributed by atoms with E-state index in [1.54, 1.807) is 0 Å². The normalized spacial score (nSPS) is 11.7. The van der Waals surface area contributed by atoms with Gasteiger partial charge >= 0.3 is 0 Å². The van der Waals surface area contributed by atoms with Gasteiger partial charge in [-0.05, 0) is 95.8 Å². The minimum absolute atomic E-state index is 1.18. The number of rotatable bonds is 4. The highest BCUT2D eigenvalue weighted by Crippen LogP contribution is 2.39. The van der Waals surface area contributed by atoms with Crippen LogP contribution < -0.4 is 0 Å². The lowest BCUT2D eigenvalue weighted by Gasteiger charge is -2.15. The maximum absolute atomic E-state index is 2.39. The van der Waals surface area contributed by atoms with Crippen LogP contribution in [0.25, 0.3) is 77.2 Å². The molecule has 2 nitrogen and oxygen atoms in total. The van der Waals surface area contributed by atoms with Gasteiger partial charge in [-0.15, -0.1) is 0 Å². The van der Waals surface area contributed by atoms with Crippen molar-refractivity contribution in [2.75, 3.05) is 0 Å². The predicted octanol–water partition coefficient (Wildman–Crippen LogP) is 11.8. The molecule has 0 aliphatic carbocycles. The van der Waals surface area contributed by atoms with E-state index in [2.05, 4.69) is 181 Å². The lowest BCUT2D eigenvalue weighted by molar-refractivity contribution is 1.18. The standard InChI is InChI=1S/C44H32N2/c1-29-25-40(32-22-24-38-36-18-10-12-20-42(36)46(44(38)28-32)34-15-7-4-8-16-34)30(2)26-39(29)31-21-23-37-35-17-9-11-19-41(35)45(43(37)27-31)33-13-5-3-6-14-33/h3-28H,1-2H3. The van der Waals surface area contributed by atoms with Gasteiger partial charge < -0.3 is 9.13 Å². The molecule has 218 valence electrons. The Morgan fingerprint density at radius 1 is 0.326 bits per heavy atom. The molecule has 7 aromatic carbocycles. The molecule has 0 saturated carbocycles. The topological polar surface area (TPSA) is 9.86 Å². The molecule has 0 spiro atoms. The Morgan fingerprint density at radius 3 is 1.13 bits per heavy atom. The maximum atomic E-state index is 2.39. The van der Waals surface area contributed by atoms with Crippen LogP contribution >= 0.6 is 0 Å². The summed E-state index contributed by atoms with van der Waals surface area (Å²) in [6.45, 7) is 4.49. The van der Waals surface area contributed by atoms with Crippen molar-refractivity contribution >= 4 is 43.6 Å². The Hall–Kier alpha value is -5.86. The second-order valence-corrected chi connectivity index (χ2v) is 12.3. The first-order valence-corrected chi connectivity index (χ1v) is 15.9. The Morgan fingerprint density at radius 2 is 0.696 bits per heavy atom. The van der Waals surface area contributed by atoms with Gasteiger partial charge in [0.15, 0.2) is 0 Å². The van der Waals surface area contributed by atoms with Crippen molar-refractivity contribution in [1.82, 2.24) is 9.13 Å². The second-order valence-electron chi connectivity index (χ2n) is 12.3. The van der Waals surface area contributed by atoms with E-state index in [0.29, 0.717) is 0 Å². The Kier molecular flexibility index (Phi) is 5.97. The van der Waals surface area contributed by atoms with Gasteiger partial charge in [-0.2, -0.15) is 0 Å². The average molecular weight is 589 g/mol. The predicted molar refractivity (Wildman–Crippen MR) is 195 cm³/mol. The molecule has 0 atom stereocenters. The van der Waals surface area contributed by atoms with Crippen molar-refractivity contribution in [3.8, 4) is 33.6 Å². The zero-order chi connectivity index (χ0) is 30.8. The van der Waals surface area contributed by atoms with E-state index >= 15 is 0 Å². The highest BCUT2D eigenvalue weighted by Gasteiger charge is 2.17. The van der Waals surface area contributed by atoms with Crippen LogP contribution in [0.3, 0.4) is 0 Å². The fraction of sp³-hybridized carbons (Fsp3) is 0.0455. The monoisotopic (exact) mass is 588 g/mol. The number of para-hydroxylation sites is 4. The highest BCUT2D eigenvalue weighted by molar-refractivity contribution is 6.11. The van der Waals surface area contributed by atoms with E-state index in [1.807, 2.05) is 0 Å². The quantitative estimate of drug-likeness (QED) is 0.194. The lowest BCUT2D eigenvalue weighted by Crippen LogP contribution is -1.95. The third kappa shape index (κ3) is 4.04. The van der Waals surface area contributed by atoms with Gasteiger partial charge in [0.25, 0.3) is 0 Å². The molecule has 2 heterocycles. The second kappa shape index (κ2) is 10.4. The van der Waals surface area contributed by atoms with Crippen molar-refractivity contribution < 1.29 is 0 Å². The zero-order valence-corrected chi connectivity index (χ0v) is 25.9. The number of hydrogen-bond donors (Lipinski definition) is 0. The minimum atomic E-state index is 1.18. The molecular formula is C44H32N2. The summed E-state index contributed by atoms with van der Waals surface area (Å²) in [6, 6.07) is 57.5. The van der Waals surface area contributed by atoms with E-state index in [-0.39, 0.29) is 0 Å². The van der Waals surface area contributed by atoms with Crippen LogP contribution in [0.5, 0.6) is 0 Å². The van der Waals surface area contributed by atoms with Crippen LogP contribution in [0, 0.1) is 13.8 Å². The van der Waals surface area contributed by atoms with Gasteiger partial charge in [0.1, 0.15) is 0 Å². The van der Waals surface area contributed by atoms with Gasteiger partial charge in [-0.3, -0.25) is 0 Å². The van der Waals surface area contributed by atoms with Crippen molar-refractivity contribution in [3.63, 3.8) is 0 Å². The number of aryl methyl sites for hydroxylation is 2. The summed E-state index contributed by atoms with van der Waals surface area (Å²) in [7, 11) is 0. The first-order chi connectivity index (χ1) is 22.7. The van der Waals surface area contributed by atoms with Gasteiger partial charge in [0.2, 0.25) is 0 Å². The lowest BCUT2D eigenvalue weighted by atomic mass is 9.91. The van der Waals surface area contributed by atoms with Crippen LogP contribution in [-0.2, 0) is 0 Å². The summed E-state index contributed by atoms with van der Waals surface area (Å²) in [5.74, 6) is 0. The molecule has 0 saturated heterocycles. The minimum Gasteiger partial charge on any atom is -0.309 e. The van der Waals surface area contributed by atoms with Gasteiger partial charge in [-0.1, -0.05) is 109 Å². The first kappa shape index (κ1) is 26.5. The molecule has 0 N–H and O–H groups in total. The van der Waals surface area contributed by atoms with E-state index in [1.165, 1.54) is 88.4 Å². The molecule has 0 bridgehead atoms.